The topological polar surface area (TPSA) is 66.5 Å². The van der Waals surface area contributed by atoms with E-state index in [2.05, 4.69) is 5.32 Å². The highest BCUT2D eigenvalue weighted by atomic mass is 16.2. The van der Waals surface area contributed by atoms with E-state index in [-0.39, 0.29) is 5.91 Å². The second kappa shape index (κ2) is 7.12. The van der Waals surface area contributed by atoms with Crippen LogP contribution in [0.3, 0.4) is 0 Å². The van der Waals surface area contributed by atoms with E-state index in [1.807, 2.05) is 32.0 Å². The maximum atomic E-state index is 12.8. The molecule has 134 valence electrons. The number of nitrogens with zero attached hydrogens (tertiary/aromatic N) is 1. The molecule has 0 saturated heterocycles. The third-order valence-corrected chi connectivity index (χ3v) is 4.84. The molecule has 0 aliphatic carbocycles. The normalized spacial score (nSPS) is 14.3. The van der Waals surface area contributed by atoms with Crippen LogP contribution in [0.4, 0.5) is 5.69 Å². The van der Waals surface area contributed by atoms with Gasteiger partial charge in [0.15, 0.2) is 0 Å². The highest BCUT2D eigenvalue weighted by Crippen LogP contribution is 2.26. The lowest BCUT2D eigenvalue weighted by Crippen LogP contribution is -2.45. The summed E-state index contributed by atoms with van der Waals surface area (Å²) in [4.78, 5) is 39.0. The first-order chi connectivity index (χ1) is 12.5. The molecular weight excluding hydrogens is 328 g/mol. The number of rotatable bonds is 5. The monoisotopic (exact) mass is 350 g/mol. The predicted molar refractivity (Wildman–Crippen MR) is 100 cm³/mol. The number of carbonyl (C=O) groups excluding carboxylic acids is 3. The van der Waals surface area contributed by atoms with Crippen molar-refractivity contribution in [1.82, 2.24) is 4.90 Å². The van der Waals surface area contributed by atoms with Crippen molar-refractivity contribution >= 4 is 23.4 Å². The van der Waals surface area contributed by atoms with Crippen molar-refractivity contribution < 1.29 is 14.4 Å². The predicted octanol–water partition coefficient (Wildman–Crippen LogP) is 3.43. The molecular formula is C21H22N2O3. The average molecular weight is 350 g/mol. The Balaban J connectivity index is 1.86. The molecule has 2 aromatic rings. The minimum Gasteiger partial charge on any atom is -0.324 e. The summed E-state index contributed by atoms with van der Waals surface area (Å²) in [6, 6.07) is 11.7. The molecule has 1 heterocycles. The van der Waals surface area contributed by atoms with E-state index in [0.717, 1.165) is 34.6 Å². The highest BCUT2D eigenvalue weighted by molar-refractivity contribution is 6.23. The van der Waals surface area contributed by atoms with Gasteiger partial charge in [0, 0.05) is 5.69 Å². The van der Waals surface area contributed by atoms with Crippen LogP contribution in [0.2, 0.25) is 0 Å². The zero-order chi connectivity index (χ0) is 18.8. The van der Waals surface area contributed by atoms with Gasteiger partial charge < -0.3 is 5.32 Å². The number of nitrogens with one attached hydrogen (secondary N) is 1. The summed E-state index contributed by atoms with van der Waals surface area (Å²) in [5, 5.41) is 2.94. The van der Waals surface area contributed by atoms with Gasteiger partial charge in [0.2, 0.25) is 5.91 Å². The lowest BCUT2D eigenvalue weighted by Gasteiger charge is -2.23. The molecule has 1 aliphatic heterocycles. The van der Waals surface area contributed by atoms with Crippen LogP contribution in [-0.2, 0) is 17.6 Å². The van der Waals surface area contributed by atoms with Crippen molar-refractivity contribution in [3.05, 3.63) is 64.7 Å². The maximum Gasteiger partial charge on any atom is 0.262 e. The Kier molecular flexibility index (Phi) is 4.89. The fourth-order valence-corrected chi connectivity index (χ4v) is 3.31. The molecule has 2 aromatic carbocycles. The van der Waals surface area contributed by atoms with Gasteiger partial charge in [0.1, 0.15) is 6.04 Å². The minimum absolute atomic E-state index is 0.348. The van der Waals surface area contributed by atoms with Crippen LogP contribution in [0.25, 0.3) is 0 Å². The lowest BCUT2D eigenvalue weighted by molar-refractivity contribution is -0.119. The molecule has 0 radical (unpaired) electrons. The van der Waals surface area contributed by atoms with Gasteiger partial charge >= 0.3 is 0 Å². The molecule has 5 heteroatoms. The quantitative estimate of drug-likeness (QED) is 0.840. The van der Waals surface area contributed by atoms with Gasteiger partial charge in [-0.3, -0.25) is 19.3 Å². The molecule has 3 amide bonds. The van der Waals surface area contributed by atoms with Crippen LogP contribution in [0.1, 0.15) is 52.6 Å². The first kappa shape index (κ1) is 17.9. The van der Waals surface area contributed by atoms with E-state index in [4.69, 9.17) is 0 Å². The van der Waals surface area contributed by atoms with Crippen molar-refractivity contribution in [2.24, 2.45) is 0 Å². The summed E-state index contributed by atoms with van der Waals surface area (Å²) < 4.78 is 0. The molecule has 0 spiro atoms. The number of aryl methyl sites for hydroxylation is 2. The first-order valence-electron chi connectivity index (χ1n) is 8.88. The summed E-state index contributed by atoms with van der Waals surface area (Å²) in [6.45, 7) is 5.63. The number of imide groups is 1. The van der Waals surface area contributed by atoms with E-state index in [0.29, 0.717) is 11.1 Å². The van der Waals surface area contributed by atoms with Crippen LogP contribution in [0.15, 0.2) is 42.5 Å². The Morgan fingerprint density at radius 1 is 0.923 bits per heavy atom. The molecule has 0 fully saturated rings. The average Bonchev–Trinajstić information content (AvgIpc) is 2.92. The Morgan fingerprint density at radius 3 is 1.88 bits per heavy atom. The first-order valence-corrected chi connectivity index (χ1v) is 8.88. The lowest BCUT2D eigenvalue weighted by atomic mass is 10.0. The SMILES string of the molecule is CCc1cccc(CC)c1NC(=O)C(C)N1C(=O)c2ccccc2C1=O. The third-order valence-electron chi connectivity index (χ3n) is 4.84. The highest BCUT2D eigenvalue weighted by Gasteiger charge is 2.40. The number of fused-ring (bicyclic) bond motifs is 1. The van der Waals surface area contributed by atoms with Gasteiger partial charge in [-0.25, -0.2) is 0 Å². The van der Waals surface area contributed by atoms with Crippen LogP contribution < -0.4 is 5.32 Å². The summed E-state index contributed by atoms with van der Waals surface area (Å²) in [6.07, 6.45) is 1.57. The number of amides is 3. The summed E-state index contributed by atoms with van der Waals surface area (Å²) in [5.41, 5.74) is 3.55. The zero-order valence-electron chi connectivity index (χ0n) is 15.2. The van der Waals surface area contributed by atoms with E-state index in [1.54, 1.807) is 31.2 Å². The number of benzene rings is 2. The van der Waals surface area contributed by atoms with Gasteiger partial charge in [0.05, 0.1) is 11.1 Å². The second-order valence-corrected chi connectivity index (χ2v) is 6.35. The number of anilines is 1. The molecule has 0 saturated carbocycles. The van der Waals surface area contributed by atoms with Gasteiger partial charge in [-0.15, -0.1) is 0 Å². The van der Waals surface area contributed by atoms with Crippen molar-refractivity contribution in [2.45, 2.75) is 39.7 Å². The third kappa shape index (κ3) is 2.90. The number of hydrogen-bond acceptors (Lipinski definition) is 3. The number of para-hydroxylation sites is 1. The molecule has 26 heavy (non-hydrogen) atoms. The number of carbonyl (C=O) groups is 3. The summed E-state index contributed by atoms with van der Waals surface area (Å²) in [5.74, 6) is -1.21. The van der Waals surface area contributed by atoms with Crippen LogP contribution in [0.5, 0.6) is 0 Å². The fraction of sp³-hybridized carbons (Fsp3) is 0.286. The van der Waals surface area contributed by atoms with Crippen LogP contribution in [-0.4, -0.2) is 28.7 Å². The Bertz CT molecular complexity index is 831. The molecule has 1 N–H and O–H groups in total. The maximum absolute atomic E-state index is 12.8. The van der Waals surface area contributed by atoms with E-state index < -0.39 is 17.9 Å². The smallest absolute Gasteiger partial charge is 0.262 e. The van der Waals surface area contributed by atoms with Gasteiger partial charge in [-0.05, 0) is 43.0 Å². The molecule has 0 bridgehead atoms. The Hall–Kier alpha value is -2.95. The van der Waals surface area contributed by atoms with Gasteiger partial charge in [-0.2, -0.15) is 0 Å². The minimum atomic E-state index is -0.892. The molecule has 1 aliphatic rings. The Labute approximate surface area is 153 Å². The molecule has 1 unspecified atom stereocenters. The van der Waals surface area contributed by atoms with Crippen molar-refractivity contribution in [2.75, 3.05) is 5.32 Å². The summed E-state index contributed by atoms with van der Waals surface area (Å²) >= 11 is 0. The van der Waals surface area contributed by atoms with Crippen molar-refractivity contribution in [3.63, 3.8) is 0 Å². The van der Waals surface area contributed by atoms with Crippen LogP contribution >= 0.6 is 0 Å². The fourth-order valence-electron chi connectivity index (χ4n) is 3.31. The molecule has 5 nitrogen and oxygen atoms in total. The largest absolute Gasteiger partial charge is 0.324 e. The van der Waals surface area contributed by atoms with E-state index in [9.17, 15) is 14.4 Å². The second-order valence-electron chi connectivity index (χ2n) is 6.35. The Morgan fingerprint density at radius 2 is 1.42 bits per heavy atom. The van der Waals surface area contributed by atoms with Crippen molar-refractivity contribution in [3.8, 4) is 0 Å². The molecule has 1 atom stereocenters. The molecule has 3 rings (SSSR count). The summed E-state index contributed by atoms with van der Waals surface area (Å²) in [7, 11) is 0. The van der Waals surface area contributed by atoms with E-state index in [1.165, 1.54) is 0 Å². The van der Waals surface area contributed by atoms with Crippen LogP contribution in [0, 0.1) is 0 Å². The van der Waals surface area contributed by atoms with Crippen molar-refractivity contribution in [1.29, 1.82) is 0 Å². The standard InChI is InChI=1S/C21H22N2O3/c1-4-14-9-8-10-15(5-2)18(14)22-19(24)13(3)23-20(25)16-11-6-7-12-17(16)21(23)26/h6-13H,4-5H2,1-3H3,(H,22,24). The number of hydrogen-bond donors (Lipinski definition) is 1. The van der Waals surface area contributed by atoms with Gasteiger partial charge in [-0.1, -0.05) is 44.2 Å². The van der Waals surface area contributed by atoms with E-state index >= 15 is 0 Å². The zero-order valence-corrected chi connectivity index (χ0v) is 15.2. The molecule has 0 aromatic heterocycles. The van der Waals surface area contributed by atoms with Gasteiger partial charge in [0.25, 0.3) is 11.8 Å².